The Morgan fingerprint density at radius 2 is 1.93 bits per heavy atom. The van der Waals surface area contributed by atoms with Gasteiger partial charge in [-0.1, -0.05) is 13.8 Å². The molecular formula is C11H24N2O2. The van der Waals surface area contributed by atoms with Crippen LogP contribution in [0.4, 0.5) is 0 Å². The van der Waals surface area contributed by atoms with Crippen molar-refractivity contribution in [2.24, 2.45) is 11.7 Å². The van der Waals surface area contributed by atoms with Crippen molar-refractivity contribution in [1.82, 2.24) is 4.90 Å². The minimum atomic E-state index is -0.550. The molecule has 0 rings (SSSR count). The van der Waals surface area contributed by atoms with Crippen molar-refractivity contribution in [3.63, 3.8) is 0 Å². The van der Waals surface area contributed by atoms with Crippen molar-refractivity contribution in [2.75, 3.05) is 13.7 Å². The molecule has 1 atom stereocenters. The maximum absolute atomic E-state index is 11.9. The van der Waals surface area contributed by atoms with Gasteiger partial charge in [0.05, 0.1) is 18.2 Å². The SMILES string of the molecule is CC(C)C[C@H](N)C(=O)N(C)C(C)(C)CO. The summed E-state index contributed by atoms with van der Waals surface area (Å²) in [7, 11) is 1.68. The highest BCUT2D eigenvalue weighted by Crippen LogP contribution is 2.14. The normalized spacial score (nSPS) is 14.1. The number of likely N-dealkylation sites (N-methyl/N-ethyl adjacent to an activating group) is 1. The molecule has 0 radical (unpaired) electrons. The van der Waals surface area contributed by atoms with E-state index in [0.29, 0.717) is 12.3 Å². The summed E-state index contributed by atoms with van der Waals surface area (Å²) in [5, 5.41) is 9.14. The molecule has 0 bridgehead atoms. The standard InChI is InChI=1S/C11H24N2O2/c1-8(2)6-9(12)10(15)13(5)11(3,4)7-14/h8-9,14H,6-7,12H2,1-5H3/t9-/m0/s1. The lowest BCUT2D eigenvalue weighted by molar-refractivity contribution is -0.137. The second-order valence-electron chi connectivity index (χ2n) is 5.10. The van der Waals surface area contributed by atoms with Gasteiger partial charge in [0.2, 0.25) is 5.91 Å². The largest absolute Gasteiger partial charge is 0.394 e. The van der Waals surface area contributed by atoms with Crippen LogP contribution in [-0.2, 0) is 4.79 Å². The fourth-order valence-electron chi connectivity index (χ4n) is 1.26. The number of hydrogen-bond donors (Lipinski definition) is 2. The number of hydrogen-bond acceptors (Lipinski definition) is 3. The van der Waals surface area contributed by atoms with Gasteiger partial charge in [0.25, 0.3) is 0 Å². The third-order valence-corrected chi connectivity index (χ3v) is 2.67. The molecule has 0 saturated heterocycles. The van der Waals surface area contributed by atoms with Crippen LogP contribution in [0.5, 0.6) is 0 Å². The number of aliphatic hydroxyl groups excluding tert-OH is 1. The van der Waals surface area contributed by atoms with Crippen molar-refractivity contribution in [2.45, 2.75) is 45.7 Å². The van der Waals surface area contributed by atoms with Crippen LogP contribution in [0, 0.1) is 5.92 Å². The van der Waals surface area contributed by atoms with Gasteiger partial charge in [-0.15, -0.1) is 0 Å². The molecular weight excluding hydrogens is 192 g/mol. The van der Waals surface area contributed by atoms with E-state index in [-0.39, 0.29) is 12.5 Å². The summed E-state index contributed by atoms with van der Waals surface area (Å²) in [4.78, 5) is 13.4. The molecule has 0 aliphatic rings. The van der Waals surface area contributed by atoms with Crippen LogP contribution in [0.15, 0.2) is 0 Å². The zero-order valence-electron chi connectivity index (χ0n) is 10.4. The first kappa shape index (κ1) is 14.4. The van der Waals surface area contributed by atoms with Gasteiger partial charge in [-0.05, 0) is 26.2 Å². The Labute approximate surface area is 92.4 Å². The first-order valence-electron chi connectivity index (χ1n) is 5.36. The highest BCUT2D eigenvalue weighted by atomic mass is 16.3. The Hall–Kier alpha value is -0.610. The van der Waals surface area contributed by atoms with Gasteiger partial charge in [0.15, 0.2) is 0 Å². The van der Waals surface area contributed by atoms with Gasteiger partial charge in [-0.25, -0.2) is 0 Å². The molecule has 1 amide bonds. The van der Waals surface area contributed by atoms with Crippen molar-refractivity contribution in [1.29, 1.82) is 0 Å². The lowest BCUT2D eigenvalue weighted by atomic mass is 10.00. The van der Waals surface area contributed by atoms with E-state index < -0.39 is 11.6 Å². The maximum Gasteiger partial charge on any atom is 0.239 e. The van der Waals surface area contributed by atoms with Gasteiger partial charge in [-0.3, -0.25) is 4.79 Å². The lowest BCUT2D eigenvalue weighted by Gasteiger charge is -2.35. The van der Waals surface area contributed by atoms with Crippen LogP contribution in [-0.4, -0.2) is 41.1 Å². The van der Waals surface area contributed by atoms with E-state index in [1.807, 2.05) is 27.7 Å². The smallest absolute Gasteiger partial charge is 0.239 e. The Morgan fingerprint density at radius 3 is 2.27 bits per heavy atom. The molecule has 0 aromatic carbocycles. The van der Waals surface area contributed by atoms with Crippen LogP contribution in [0.25, 0.3) is 0 Å². The topological polar surface area (TPSA) is 66.6 Å². The predicted molar refractivity (Wildman–Crippen MR) is 61.4 cm³/mol. The number of nitrogens with two attached hydrogens (primary N) is 1. The molecule has 4 heteroatoms. The van der Waals surface area contributed by atoms with E-state index in [2.05, 4.69) is 0 Å². The molecule has 3 N–H and O–H groups in total. The molecule has 0 saturated carbocycles. The second kappa shape index (κ2) is 5.47. The number of aliphatic hydroxyl groups is 1. The zero-order valence-corrected chi connectivity index (χ0v) is 10.4. The summed E-state index contributed by atoms with van der Waals surface area (Å²) in [5.41, 5.74) is 5.25. The number of carbonyl (C=O) groups is 1. The highest BCUT2D eigenvalue weighted by Gasteiger charge is 2.30. The van der Waals surface area contributed by atoms with Crippen molar-refractivity contribution in [3.8, 4) is 0 Å². The average molecular weight is 216 g/mol. The maximum atomic E-state index is 11.9. The fraction of sp³-hybridized carbons (Fsp3) is 0.909. The summed E-state index contributed by atoms with van der Waals surface area (Å²) in [6.45, 7) is 7.62. The highest BCUT2D eigenvalue weighted by molar-refractivity contribution is 5.82. The third kappa shape index (κ3) is 4.18. The minimum absolute atomic E-state index is 0.0658. The van der Waals surface area contributed by atoms with Gasteiger partial charge >= 0.3 is 0 Å². The number of nitrogens with zero attached hydrogens (tertiary/aromatic N) is 1. The third-order valence-electron chi connectivity index (χ3n) is 2.67. The Balaban J connectivity index is 4.44. The predicted octanol–water partition coefficient (Wildman–Crippen LogP) is 0.589. The second-order valence-corrected chi connectivity index (χ2v) is 5.10. The molecule has 0 heterocycles. The molecule has 0 aromatic heterocycles. The summed E-state index contributed by atoms with van der Waals surface area (Å²) < 4.78 is 0. The van der Waals surface area contributed by atoms with Crippen LogP contribution in [0.1, 0.15) is 34.1 Å². The zero-order chi connectivity index (χ0) is 12.2. The van der Waals surface area contributed by atoms with Crippen LogP contribution in [0.3, 0.4) is 0 Å². The van der Waals surface area contributed by atoms with E-state index in [4.69, 9.17) is 10.8 Å². The Bertz CT molecular complexity index is 215. The van der Waals surface area contributed by atoms with E-state index in [1.165, 1.54) is 4.90 Å². The van der Waals surface area contributed by atoms with Crippen molar-refractivity contribution < 1.29 is 9.90 Å². The van der Waals surface area contributed by atoms with E-state index in [1.54, 1.807) is 7.05 Å². The Morgan fingerprint density at radius 1 is 1.47 bits per heavy atom. The van der Waals surface area contributed by atoms with E-state index in [0.717, 1.165) is 0 Å². The summed E-state index contributed by atoms with van der Waals surface area (Å²) in [5.74, 6) is 0.289. The Kier molecular flexibility index (Phi) is 5.24. The molecule has 0 spiro atoms. The van der Waals surface area contributed by atoms with Gasteiger partial charge in [0, 0.05) is 7.05 Å². The molecule has 0 unspecified atom stereocenters. The van der Waals surface area contributed by atoms with E-state index in [9.17, 15) is 4.79 Å². The number of rotatable bonds is 5. The number of carbonyl (C=O) groups excluding carboxylic acids is 1. The minimum Gasteiger partial charge on any atom is -0.394 e. The fourth-order valence-corrected chi connectivity index (χ4v) is 1.26. The molecule has 0 aliphatic carbocycles. The summed E-state index contributed by atoms with van der Waals surface area (Å²) in [6.07, 6.45) is 0.671. The summed E-state index contributed by atoms with van der Waals surface area (Å²) in [6, 6.07) is -0.471. The molecule has 4 nitrogen and oxygen atoms in total. The van der Waals surface area contributed by atoms with Crippen molar-refractivity contribution >= 4 is 5.91 Å². The van der Waals surface area contributed by atoms with Crippen LogP contribution in [0.2, 0.25) is 0 Å². The van der Waals surface area contributed by atoms with Gasteiger partial charge < -0.3 is 15.7 Å². The molecule has 90 valence electrons. The first-order chi connectivity index (χ1) is 6.72. The van der Waals surface area contributed by atoms with Crippen LogP contribution < -0.4 is 5.73 Å². The monoisotopic (exact) mass is 216 g/mol. The molecule has 15 heavy (non-hydrogen) atoms. The van der Waals surface area contributed by atoms with Crippen LogP contribution >= 0.6 is 0 Å². The van der Waals surface area contributed by atoms with Crippen molar-refractivity contribution in [3.05, 3.63) is 0 Å². The molecule has 0 aromatic rings. The lowest BCUT2D eigenvalue weighted by Crippen LogP contribution is -2.53. The molecule has 0 fully saturated rings. The van der Waals surface area contributed by atoms with E-state index >= 15 is 0 Å². The summed E-state index contributed by atoms with van der Waals surface area (Å²) >= 11 is 0. The number of amides is 1. The first-order valence-corrected chi connectivity index (χ1v) is 5.36. The molecule has 0 aliphatic heterocycles. The quantitative estimate of drug-likeness (QED) is 0.707. The average Bonchev–Trinajstić information content (AvgIpc) is 2.14. The van der Waals surface area contributed by atoms with Gasteiger partial charge in [-0.2, -0.15) is 0 Å². The van der Waals surface area contributed by atoms with Gasteiger partial charge in [0.1, 0.15) is 0 Å².